The van der Waals surface area contributed by atoms with E-state index in [0.29, 0.717) is 25.2 Å². The van der Waals surface area contributed by atoms with Crippen LogP contribution in [-0.2, 0) is 26.0 Å². The van der Waals surface area contributed by atoms with Crippen molar-refractivity contribution in [1.29, 1.82) is 0 Å². The zero-order valence-electron chi connectivity index (χ0n) is 19.6. The molecule has 2 amide bonds. The second kappa shape index (κ2) is 10.5. The molecule has 1 aromatic heterocycles. The monoisotopic (exact) mass is 476 g/mol. The Bertz CT molecular complexity index is 1060. The molecule has 1 saturated heterocycles. The zero-order chi connectivity index (χ0) is 24.2. The van der Waals surface area contributed by atoms with Crippen molar-refractivity contribution in [2.75, 3.05) is 26.2 Å². The van der Waals surface area contributed by atoms with E-state index < -0.39 is 16.1 Å². The molecule has 0 aliphatic carbocycles. The average Bonchev–Trinajstić information content (AvgIpc) is 2.96. The van der Waals surface area contributed by atoms with Crippen LogP contribution < -0.4 is 5.32 Å². The van der Waals surface area contributed by atoms with Gasteiger partial charge in [0.2, 0.25) is 21.8 Å². The van der Waals surface area contributed by atoms with Crippen molar-refractivity contribution in [2.24, 2.45) is 5.92 Å². The molecular formula is C23H32N4O5S. The summed E-state index contributed by atoms with van der Waals surface area (Å²) in [5.74, 6) is -0.262. The highest BCUT2D eigenvalue weighted by molar-refractivity contribution is 7.89. The van der Waals surface area contributed by atoms with E-state index in [-0.39, 0.29) is 47.9 Å². The largest absolute Gasteiger partial charge is 0.360 e. The summed E-state index contributed by atoms with van der Waals surface area (Å²) in [7, 11) is -3.77. The van der Waals surface area contributed by atoms with Crippen LogP contribution in [0.5, 0.6) is 0 Å². The fourth-order valence-corrected chi connectivity index (χ4v) is 5.80. The number of hydrogen-bond acceptors (Lipinski definition) is 6. The highest BCUT2D eigenvalue weighted by Crippen LogP contribution is 2.24. The van der Waals surface area contributed by atoms with Crippen LogP contribution in [0.2, 0.25) is 0 Å². The molecular weight excluding hydrogens is 444 g/mol. The fourth-order valence-electron chi connectivity index (χ4n) is 4.04. The summed E-state index contributed by atoms with van der Waals surface area (Å²) in [6.45, 7) is 8.08. The summed E-state index contributed by atoms with van der Waals surface area (Å²) < 4.78 is 32.7. The Balaban J connectivity index is 1.67. The smallest absolute Gasteiger partial charge is 0.248 e. The van der Waals surface area contributed by atoms with Crippen molar-refractivity contribution < 1.29 is 22.5 Å². The molecule has 1 aliphatic rings. The van der Waals surface area contributed by atoms with Crippen LogP contribution in [-0.4, -0.2) is 66.8 Å². The van der Waals surface area contributed by atoms with Crippen molar-refractivity contribution in [2.45, 2.75) is 51.5 Å². The molecule has 1 atom stereocenters. The number of aryl methyl sites for hydroxylation is 2. The van der Waals surface area contributed by atoms with Gasteiger partial charge in [-0.3, -0.25) is 9.59 Å². The molecule has 0 bridgehead atoms. The standard InChI is InChI=1S/C23H32N4O5S/c1-16(2)21(24-20(28)15-19-9-6-5-7-10-19)23(29)26-11-8-12-27(14-13-26)33(30,31)22-17(3)25-32-18(22)4/h5-7,9-10,16,21H,8,11-15H2,1-4H3,(H,24,28). The van der Waals surface area contributed by atoms with Crippen molar-refractivity contribution >= 4 is 21.8 Å². The molecule has 2 heterocycles. The van der Waals surface area contributed by atoms with Crippen molar-refractivity contribution in [3.8, 4) is 0 Å². The van der Waals surface area contributed by atoms with Crippen LogP contribution in [0, 0.1) is 19.8 Å². The predicted octanol–water partition coefficient (Wildman–Crippen LogP) is 1.90. The van der Waals surface area contributed by atoms with Crippen LogP contribution in [0.4, 0.5) is 0 Å². The third-order valence-corrected chi connectivity index (χ3v) is 7.93. The zero-order valence-corrected chi connectivity index (χ0v) is 20.4. The normalized spacial score (nSPS) is 16.5. The van der Waals surface area contributed by atoms with E-state index >= 15 is 0 Å². The van der Waals surface area contributed by atoms with Crippen LogP contribution in [0.1, 0.15) is 37.3 Å². The summed E-state index contributed by atoms with van der Waals surface area (Å²) in [6, 6.07) is 8.69. The highest BCUT2D eigenvalue weighted by Gasteiger charge is 2.35. The number of carbonyl (C=O) groups is 2. The quantitative estimate of drug-likeness (QED) is 0.653. The minimum atomic E-state index is -3.77. The first kappa shape index (κ1) is 24.9. The maximum Gasteiger partial charge on any atom is 0.248 e. The van der Waals surface area contributed by atoms with Gasteiger partial charge in [0.1, 0.15) is 16.6 Å². The molecule has 0 saturated carbocycles. The van der Waals surface area contributed by atoms with E-state index in [2.05, 4.69) is 10.5 Å². The molecule has 1 fully saturated rings. The van der Waals surface area contributed by atoms with Crippen molar-refractivity contribution in [3.05, 3.63) is 47.3 Å². The van der Waals surface area contributed by atoms with E-state index in [9.17, 15) is 18.0 Å². The number of hydrogen-bond donors (Lipinski definition) is 1. The molecule has 0 radical (unpaired) electrons. The van der Waals surface area contributed by atoms with Gasteiger partial charge in [0, 0.05) is 26.2 Å². The Kier molecular flexibility index (Phi) is 7.91. The first-order valence-corrected chi connectivity index (χ1v) is 12.6. The number of amides is 2. The second-order valence-electron chi connectivity index (χ2n) is 8.69. The van der Waals surface area contributed by atoms with E-state index in [1.54, 1.807) is 18.7 Å². The Morgan fingerprint density at radius 2 is 1.79 bits per heavy atom. The fraction of sp³-hybridized carbons (Fsp3) is 0.522. The lowest BCUT2D eigenvalue weighted by molar-refractivity contribution is -0.137. The number of nitrogens with one attached hydrogen (secondary N) is 1. The lowest BCUT2D eigenvalue weighted by atomic mass is 10.0. The van der Waals surface area contributed by atoms with Crippen LogP contribution in [0.3, 0.4) is 0 Å². The molecule has 1 aromatic carbocycles. The first-order chi connectivity index (χ1) is 15.6. The SMILES string of the molecule is Cc1noc(C)c1S(=O)(=O)N1CCCN(C(=O)C(NC(=O)Cc2ccccc2)C(C)C)CC1. The van der Waals surface area contributed by atoms with E-state index in [1.165, 1.54) is 4.31 Å². The third-order valence-electron chi connectivity index (χ3n) is 5.79. The summed E-state index contributed by atoms with van der Waals surface area (Å²) in [5, 5.41) is 6.64. The molecule has 2 aromatic rings. The van der Waals surface area contributed by atoms with E-state index in [4.69, 9.17) is 4.52 Å². The average molecular weight is 477 g/mol. The van der Waals surface area contributed by atoms with Gasteiger partial charge < -0.3 is 14.7 Å². The molecule has 3 rings (SSSR count). The van der Waals surface area contributed by atoms with Gasteiger partial charge in [-0.2, -0.15) is 4.31 Å². The van der Waals surface area contributed by atoms with E-state index in [1.807, 2.05) is 44.2 Å². The second-order valence-corrected chi connectivity index (χ2v) is 10.6. The maximum absolute atomic E-state index is 13.3. The number of carbonyl (C=O) groups excluding carboxylic acids is 2. The van der Waals surface area contributed by atoms with Gasteiger partial charge in [-0.15, -0.1) is 0 Å². The van der Waals surface area contributed by atoms with Gasteiger partial charge in [-0.05, 0) is 31.7 Å². The summed E-state index contributed by atoms with van der Waals surface area (Å²) in [4.78, 5) is 27.6. The molecule has 180 valence electrons. The topological polar surface area (TPSA) is 113 Å². The van der Waals surface area contributed by atoms with Crippen molar-refractivity contribution in [3.63, 3.8) is 0 Å². The van der Waals surface area contributed by atoms with Gasteiger partial charge >= 0.3 is 0 Å². The number of aromatic nitrogens is 1. The number of nitrogens with zero attached hydrogens (tertiary/aromatic N) is 3. The minimum Gasteiger partial charge on any atom is -0.360 e. The van der Waals surface area contributed by atoms with Gasteiger partial charge in [-0.25, -0.2) is 8.42 Å². The molecule has 1 N–H and O–H groups in total. The Morgan fingerprint density at radius 3 is 2.39 bits per heavy atom. The number of benzene rings is 1. The Morgan fingerprint density at radius 1 is 1.09 bits per heavy atom. The predicted molar refractivity (Wildman–Crippen MR) is 123 cm³/mol. The molecule has 0 spiro atoms. The highest BCUT2D eigenvalue weighted by atomic mass is 32.2. The third kappa shape index (κ3) is 5.80. The van der Waals surface area contributed by atoms with Crippen LogP contribution in [0.25, 0.3) is 0 Å². The molecule has 9 nitrogen and oxygen atoms in total. The summed E-state index contributed by atoms with van der Waals surface area (Å²) in [6.07, 6.45) is 0.692. The number of sulfonamides is 1. The summed E-state index contributed by atoms with van der Waals surface area (Å²) >= 11 is 0. The number of rotatable bonds is 7. The molecule has 1 unspecified atom stereocenters. The van der Waals surface area contributed by atoms with Gasteiger partial charge in [0.25, 0.3) is 0 Å². The van der Waals surface area contributed by atoms with Crippen molar-refractivity contribution in [1.82, 2.24) is 19.7 Å². The Hall–Kier alpha value is -2.72. The summed E-state index contributed by atoms with van der Waals surface area (Å²) in [5.41, 5.74) is 1.20. The molecule has 33 heavy (non-hydrogen) atoms. The van der Waals surface area contributed by atoms with Gasteiger partial charge in [-0.1, -0.05) is 49.3 Å². The van der Waals surface area contributed by atoms with E-state index in [0.717, 1.165) is 5.56 Å². The van der Waals surface area contributed by atoms with Gasteiger partial charge in [0.05, 0.1) is 6.42 Å². The van der Waals surface area contributed by atoms with Crippen LogP contribution in [0.15, 0.2) is 39.8 Å². The lowest BCUT2D eigenvalue weighted by Gasteiger charge is -2.29. The molecule has 1 aliphatic heterocycles. The lowest BCUT2D eigenvalue weighted by Crippen LogP contribution is -2.52. The molecule has 10 heteroatoms. The maximum atomic E-state index is 13.3. The van der Waals surface area contributed by atoms with Crippen LogP contribution >= 0.6 is 0 Å². The first-order valence-electron chi connectivity index (χ1n) is 11.2. The van der Waals surface area contributed by atoms with Gasteiger partial charge in [0.15, 0.2) is 5.76 Å². The minimum absolute atomic E-state index is 0.0931. The Labute approximate surface area is 195 Å².